The van der Waals surface area contributed by atoms with Crippen molar-refractivity contribution in [3.8, 4) is 0 Å². The Morgan fingerprint density at radius 1 is 1.35 bits per heavy atom. The largest absolute Gasteiger partial charge is 0.480 e. The predicted molar refractivity (Wildman–Crippen MR) is 79.9 cm³/mol. The molecule has 0 radical (unpaired) electrons. The summed E-state index contributed by atoms with van der Waals surface area (Å²) >= 11 is 11.7. The molecule has 0 aliphatic carbocycles. The summed E-state index contributed by atoms with van der Waals surface area (Å²) in [7, 11) is 0. The highest BCUT2D eigenvalue weighted by atomic mass is 35.5. The Balaban J connectivity index is 2.83. The lowest BCUT2D eigenvalue weighted by Crippen LogP contribution is -2.34. The quantitative estimate of drug-likeness (QED) is 0.648. The summed E-state index contributed by atoms with van der Waals surface area (Å²) in [6.45, 7) is 3.26. The molecule has 0 heterocycles. The van der Waals surface area contributed by atoms with Gasteiger partial charge < -0.3 is 10.0 Å². The van der Waals surface area contributed by atoms with Crippen LogP contribution in [0.5, 0.6) is 0 Å². The van der Waals surface area contributed by atoms with Crippen molar-refractivity contribution in [2.75, 3.05) is 13.1 Å². The first-order valence-corrected chi connectivity index (χ1v) is 6.44. The van der Waals surface area contributed by atoms with E-state index in [0.29, 0.717) is 15.6 Å². The molecule has 20 heavy (non-hydrogen) atoms. The van der Waals surface area contributed by atoms with Gasteiger partial charge in [-0.15, -0.1) is 6.58 Å². The highest BCUT2D eigenvalue weighted by Crippen LogP contribution is 2.22. The second kappa shape index (κ2) is 7.72. The lowest BCUT2D eigenvalue weighted by Gasteiger charge is -2.16. The summed E-state index contributed by atoms with van der Waals surface area (Å²) in [6, 6.07) is 4.88. The Morgan fingerprint density at radius 2 is 2.05 bits per heavy atom. The van der Waals surface area contributed by atoms with E-state index in [2.05, 4.69) is 6.58 Å². The second-order valence-corrected chi connectivity index (χ2v) is 4.74. The van der Waals surface area contributed by atoms with Crippen molar-refractivity contribution < 1.29 is 14.7 Å². The molecular weight excluding hydrogens is 301 g/mol. The molecule has 0 aliphatic heterocycles. The number of carbonyl (C=O) groups is 2. The maximum absolute atomic E-state index is 11.9. The van der Waals surface area contributed by atoms with E-state index in [4.69, 9.17) is 28.3 Å². The number of carboxylic acids is 1. The van der Waals surface area contributed by atoms with Gasteiger partial charge >= 0.3 is 5.97 Å². The van der Waals surface area contributed by atoms with Gasteiger partial charge in [-0.3, -0.25) is 9.59 Å². The van der Waals surface area contributed by atoms with Crippen LogP contribution >= 0.6 is 23.2 Å². The third-order valence-electron chi connectivity index (χ3n) is 2.36. The zero-order chi connectivity index (χ0) is 15.1. The van der Waals surface area contributed by atoms with Crippen molar-refractivity contribution in [3.05, 3.63) is 52.5 Å². The minimum Gasteiger partial charge on any atom is -0.480 e. The number of carboxylic acid groups (broad SMARTS) is 1. The molecule has 0 bridgehead atoms. The number of amides is 1. The van der Waals surface area contributed by atoms with Gasteiger partial charge in [0.1, 0.15) is 6.54 Å². The van der Waals surface area contributed by atoms with Crippen molar-refractivity contribution in [1.29, 1.82) is 0 Å². The van der Waals surface area contributed by atoms with Crippen molar-refractivity contribution in [3.63, 3.8) is 0 Å². The highest BCUT2D eigenvalue weighted by Gasteiger charge is 2.12. The maximum atomic E-state index is 11.9. The standard InChI is InChI=1S/C14H13Cl2NO3/c1-2-7-17(9-14(19)20)13(18)6-4-10-3-5-11(15)8-12(10)16/h2-6,8H,1,7,9H2,(H,19,20). The Labute approximate surface area is 126 Å². The van der Waals surface area contributed by atoms with Crippen LogP contribution in [0.2, 0.25) is 10.0 Å². The number of carbonyl (C=O) groups excluding carboxylic acids is 1. The molecule has 0 aliphatic rings. The zero-order valence-electron chi connectivity index (χ0n) is 10.6. The lowest BCUT2D eigenvalue weighted by molar-refractivity contribution is -0.142. The van der Waals surface area contributed by atoms with E-state index < -0.39 is 11.9 Å². The van der Waals surface area contributed by atoms with Crippen molar-refractivity contribution in [2.24, 2.45) is 0 Å². The molecule has 1 rings (SSSR count). The van der Waals surface area contributed by atoms with E-state index >= 15 is 0 Å². The minimum absolute atomic E-state index is 0.157. The van der Waals surface area contributed by atoms with Crippen molar-refractivity contribution >= 4 is 41.2 Å². The number of aliphatic carboxylic acids is 1. The van der Waals surface area contributed by atoms with Gasteiger partial charge in [-0.25, -0.2) is 0 Å². The third-order valence-corrected chi connectivity index (χ3v) is 2.92. The molecular formula is C14H13Cl2NO3. The van der Waals surface area contributed by atoms with E-state index in [1.807, 2.05) is 0 Å². The molecule has 106 valence electrons. The molecule has 0 saturated heterocycles. The van der Waals surface area contributed by atoms with Crippen LogP contribution in [0.25, 0.3) is 6.08 Å². The van der Waals surface area contributed by atoms with Crippen LogP contribution in [-0.2, 0) is 9.59 Å². The number of halogens is 2. The third kappa shape index (κ3) is 5.07. The topological polar surface area (TPSA) is 57.6 Å². The Morgan fingerprint density at radius 3 is 2.60 bits per heavy atom. The predicted octanol–water partition coefficient (Wildman–Crippen LogP) is 3.11. The van der Waals surface area contributed by atoms with Gasteiger partial charge in [-0.2, -0.15) is 0 Å². The molecule has 4 nitrogen and oxygen atoms in total. The molecule has 0 unspecified atom stereocenters. The average molecular weight is 314 g/mol. The van der Waals surface area contributed by atoms with Crippen LogP contribution < -0.4 is 0 Å². The summed E-state index contributed by atoms with van der Waals surface area (Å²) in [5.41, 5.74) is 0.623. The fourth-order valence-electron chi connectivity index (χ4n) is 1.45. The number of benzene rings is 1. The van der Waals surface area contributed by atoms with E-state index in [1.54, 1.807) is 18.2 Å². The van der Waals surface area contributed by atoms with E-state index in [9.17, 15) is 9.59 Å². The molecule has 1 amide bonds. The molecule has 0 fully saturated rings. The summed E-state index contributed by atoms with van der Waals surface area (Å²) in [6.07, 6.45) is 4.24. The molecule has 0 spiro atoms. The Kier molecular flexibility index (Phi) is 6.28. The van der Waals surface area contributed by atoms with Gasteiger partial charge in [-0.1, -0.05) is 35.3 Å². The second-order valence-electron chi connectivity index (χ2n) is 3.90. The molecule has 1 aromatic carbocycles. The zero-order valence-corrected chi connectivity index (χ0v) is 12.1. The molecule has 1 aromatic rings. The SMILES string of the molecule is C=CCN(CC(=O)O)C(=O)C=Cc1ccc(Cl)cc1Cl. The minimum atomic E-state index is -1.09. The van der Waals surface area contributed by atoms with Crippen LogP contribution in [0, 0.1) is 0 Å². The van der Waals surface area contributed by atoms with Gasteiger partial charge in [0.15, 0.2) is 0 Å². The summed E-state index contributed by atoms with van der Waals surface area (Å²) in [5.74, 6) is -1.52. The average Bonchev–Trinajstić information content (AvgIpc) is 2.36. The Bertz CT molecular complexity index is 555. The van der Waals surface area contributed by atoms with Gasteiger partial charge in [0.05, 0.1) is 0 Å². The number of hydrogen-bond donors (Lipinski definition) is 1. The monoisotopic (exact) mass is 313 g/mol. The normalized spacial score (nSPS) is 10.5. The van der Waals surface area contributed by atoms with Gasteiger partial charge in [-0.05, 0) is 23.8 Å². The lowest BCUT2D eigenvalue weighted by atomic mass is 10.2. The first-order valence-electron chi connectivity index (χ1n) is 5.68. The first-order chi connectivity index (χ1) is 9.43. The fourth-order valence-corrected chi connectivity index (χ4v) is 1.93. The van der Waals surface area contributed by atoms with Gasteiger partial charge in [0.2, 0.25) is 5.91 Å². The van der Waals surface area contributed by atoms with Crippen LogP contribution in [0.1, 0.15) is 5.56 Å². The van der Waals surface area contributed by atoms with Crippen LogP contribution in [0.3, 0.4) is 0 Å². The molecule has 1 N–H and O–H groups in total. The number of rotatable bonds is 6. The van der Waals surface area contributed by atoms with E-state index in [0.717, 1.165) is 4.90 Å². The molecule has 0 saturated carbocycles. The first kappa shape index (κ1) is 16.3. The smallest absolute Gasteiger partial charge is 0.323 e. The maximum Gasteiger partial charge on any atom is 0.323 e. The summed E-state index contributed by atoms with van der Waals surface area (Å²) < 4.78 is 0. The van der Waals surface area contributed by atoms with Gasteiger partial charge in [0, 0.05) is 22.7 Å². The number of hydrogen-bond acceptors (Lipinski definition) is 2. The van der Waals surface area contributed by atoms with Gasteiger partial charge in [0.25, 0.3) is 0 Å². The van der Waals surface area contributed by atoms with Crippen LogP contribution in [0.4, 0.5) is 0 Å². The van der Waals surface area contributed by atoms with E-state index in [1.165, 1.54) is 18.2 Å². The molecule has 0 aromatic heterocycles. The van der Waals surface area contributed by atoms with Crippen molar-refractivity contribution in [1.82, 2.24) is 4.90 Å². The molecule has 0 atom stereocenters. The van der Waals surface area contributed by atoms with Crippen LogP contribution in [0.15, 0.2) is 36.9 Å². The molecule has 6 heteroatoms. The summed E-state index contributed by atoms with van der Waals surface area (Å²) in [4.78, 5) is 23.7. The van der Waals surface area contributed by atoms with Crippen LogP contribution in [-0.4, -0.2) is 35.0 Å². The number of nitrogens with zero attached hydrogens (tertiary/aromatic N) is 1. The highest BCUT2D eigenvalue weighted by molar-refractivity contribution is 6.35. The van der Waals surface area contributed by atoms with E-state index in [-0.39, 0.29) is 13.1 Å². The summed E-state index contributed by atoms with van der Waals surface area (Å²) in [5, 5.41) is 9.64. The van der Waals surface area contributed by atoms with Crippen molar-refractivity contribution in [2.45, 2.75) is 0 Å². The fraction of sp³-hybridized carbons (Fsp3) is 0.143. The Hall–Kier alpha value is -1.78.